The summed E-state index contributed by atoms with van der Waals surface area (Å²) < 4.78 is 10.3. The Kier molecular flexibility index (Phi) is 6.19. The maximum atomic E-state index is 12.2. The lowest BCUT2D eigenvalue weighted by Gasteiger charge is -2.11. The molecule has 3 aromatic rings. The van der Waals surface area contributed by atoms with E-state index in [2.05, 4.69) is 15.3 Å². The number of hydrogen-bond acceptors (Lipinski definition) is 5. The number of carbonyl (C=O) groups excluding carboxylic acids is 2. The van der Waals surface area contributed by atoms with E-state index in [1.165, 1.54) is 7.11 Å². The van der Waals surface area contributed by atoms with Gasteiger partial charge < -0.3 is 19.8 Å². The lowest BCUT2D eigenvalue weighted by atomic mass is 10.1. The fraction of sp³-hybridized carbons (Fsp3) is 0.190. The minimum atomic E-state index is -0.600. The van der Waals surface area contributed by atoms with Gasteiger partial charge in [0.1, 0.15) is 11.6 Å². The highest BCUT2D eigenvalue weighted by molar-refractivity contribution is 6.31. The number of benzene rings is 2. The van der Waals surface area contributed by atoms with Crippen LogP contribution in [0.5, 0.6) is 5.75 Å². The number of aromatic amines is 1. The van der Waals surface area contributed by atoms with Gasteiger partial charge in [0.2, 0.25) is 0 Å². The molecular formula is C21H20ClN3O4. The van der Waals surface area contributed by atoms with E-state index >= 15 is 0 Å². The number of nitrogens with zero attached hydrogens (tertiary/aromatic N) is 1. The molecule has 0 saturated carbocycles. The second-order valence-electron chi connectivity index (χ2n) is 6.34. The van der Waals surface area contributed by atoms with Crippen molar-refractivity contribution in [2.45, 2.75) is 13.8 Å². The zero-order chi connectivity index (χ0) is 21.0. The number of esters is 1. The average molecular weight is 414 g/mol. The molecule has 2 aromatic carbocycles. The van der Waals surface area contributed by atoms with Gasteiger partial charge in [0.05, 0.1) is 24.1 Å². The number of methoxy groups -OCH3 is 1. The fourth-order valence-electron chi connectivity index (χ4n) is 2.63. The molecular weight excluding hydrogens is 394 g/mol. The smallest absolute Gasteiger partial charge is 0.338 e. The van der Waals surface area contributed by atoms with Gasteiger partial charge in [-0.2, -0.15) is 0 Å². The van der Waals surface area contributed by atoms with Crippen LogP contribution in [0.3, 0.4) is 0 Å². The molecule has 150 valence electrons. The first kappa shape index (κ1) is 20.4. The number of ether oxygens (including phenoxy) is 2. The van der Waals surface area contributed by atoms with Crippen LogP contribution >= 0.6 is 11.6 Å². The standard InChI is InChI=1S/C21H20ClN3O4/c1-12-13(2)24-20(23-12)14-4-6-15(7-5-14)21(27)29-11-19(26)25-17-10-16(22)8-9-18(17)28-3/h4-10H,11H2,1-3H3,(H,23,24)(H,25,26). The SMILES string of the molecule is COc1ccc(Cl)cc1NC(=O)COC(=O)c1ccc(-c2nc(C)c(C)[nH]2)cc1. The van der Waals surface area contributed by atoms with Gasteiger partial charge in [-0.3, -0.25) is 4.79 Å². The number of aryl methyl sites for hydroxylation is 2. The first-order chi connectivity index (χ1) is 13.9. The molecule has 29 heavy (non-hydrogen) atoms. The molecule has 0 aliphatic rings. The van der Waals surface area contributed by atoms with Crippen molar-refractivity contribution in [1.82, 2.24) is 9.97 Å². The molecule has 0 spiro atoms. The van der Waals surface area contributed by atoms with Crippen LogP contribution in [0.25, 0.3) is 11.4 Å². The second-order valence-corrected chi connectivity index (χ2v) is 6.78. The molecule has 2 N–H and O–H groups in total. The summed E-state index contributed by atoms with van der Waals surface area (Å²) in [5.41, 5.74) is 3.50. The first-order valence-corrected chi connectivity index (χ1v) is 9.19. The number of carbonyl (C=O) groups is 2. The van der Waals surface area contributed by atoms with E-state index in [9.17, 15) is 9.59 Å². The molecule has 0 bridgehead atoms. The zero-order valence-corrected chi connectivity index (χ0v) is 17.0. The Labute approximate surface area is 173 Å². The molecule has 0 aliphatic heterocycles. The van der Waals surface area contributed by atoms with Gasteiger partial charge in [-0.1, -0.05) is 23.7 Å². The molecule has 8 heteroatoms. The van der Waals surface area contributed by atoms with E-state index < -0.39 is 18.5 Å². The lowest BCUT2D eigenvalue weighted by molar-refractivity contribution is -0.119. The summed E-state index contributed by atoms with van der Waals surface area (Å²) in [7, 11) is 1.48. The third kappa shape index (κ3) is 4.94. The summed E-state index contributed by atoms with van der Waals surface area (Å²) in [5, 5.41) is 3.05. The predicted octanol–water partition coefficient (Wildman–Crippen LogP) is 4.15. The summed E-state index contributed by atoms with van der Waals surface area (Å²) in [6, 6.07) is 11.6. The number of nitrogens with one attached hydrogen (secondary N) is 2. The Bertz CT molecular complexity index is 1030. The van der Waals surface area contributed by atoms with E-state index in [0.29, 0.717) is 22.0 Å². The third-order valence-corrected chi connectivity index (χ3v) is 4.53. The van der Waals surface area contributed by atoms with Crippen LogP contribution in [0.15, 0.2) is 42.5 Å². The van der Waals surface area contributed by atoms with Crippen molar-refractivity contribution in [3.05, 3.63) is 64.4 Å². The van der Waals surface area contributed by atoms with Gasteiger partial charge >= 0.3 is 5.97 Å². The second kappa shape index (κ2) is 8.79. The highest BCUT2D eigenvalue weighted by atomic mass is 35.5. The number of aromatic nitrogens is 2. The summed E-state index contributed by atoms with van der Waals surface area (Å²) >= 11 is 5.93. The third-order valence-electron chi connectivity index (χ3n) is 4.29. The number of amides is 1. The van der Waals surface area contributed by atoms with Gasteiger partial charge in [0, 0.05) is 16.3 Å². The van der Waals surface area contributed by atoms with Crippen LogP contribution in [0.4, 0.5) is 5.69 Å². The van der Waals surface area contributed by atoms with Crippen molar-refractivity contribution in [2.24, 2.45) is 0 Å². The van der Waals surface area contributed by atoms with Crippen LogP contribution in [-0.2, 0) is 9.53 Å². The van der Waals surface area contributed by atoms with Crippen LogP contribution in [0.2, 0.25) is 5.02 Å². The summed E-state index contributed by atoms with van der Waals surface area (Å²) in [5.74, 6) is 0.0801. The van der Waals surface area contributed by atoms with E-state index in [1.807, 2.05) is 13.8 Å². The van der Waals surface area contributed by atoms with Crippen LogP contribution in [0.1, 0.15) is 21.7 Å². The molecule has 3 rings (SSSR count). The van der Waals surface area contributed by atoms with E-state index in [-0.39, 0.29) is 0 Å². The Morgan fingerprint density at radius 3 is 2.48 bits per heavy atom. The maximum Gasteiger partial charge on any atom is 0.338 e. The number of hydrogen-bond donors (Lipinski definition) is 2. The van der Waals surface area contributed by atoms with Crippen molar-refractivity contribution in [3.8, 4) is 17.1 Å². The Hall–Kier alpha value is -3.32. The summed E-state index contributed by atoms with van der Waals surface area (Å²) in [6.07, 6.45) is 0. The Morgan fingerprint density at radius 1 is 1.14 bits per heavy atom. The molecule has 0 aliphatic carbocycles. The fourth-order valence-corrected chi connectivity index (χ4v) is 2.80. The van der Waals surface area contributed by atoms with Gasteiger partial charge in [0.25, 0.3) is 5.91 Å². The largest absolute Gasteiger partial charge is 0.495 e. The van der Waals surface area contributed by atoms with E-state index in [1.54, 1.807) is 42.5 Å². The van der Waals surface area contributed by atoms with Crippen molar-refractivity contribution in [1.29, 1.82) is 0 Å². The number of H-pyrrole nitrogens is 1. The molecule has 0 saturated heterocycles. The minimum Gasteiger partial charge on any atom is -0.495 e. The normalized spacial score (nSPS) is 10.5. The average Bonchev–Trinajstić information content (AvgIpc) is 3.05. The topological polar surface area (TPSA) is 93.3 Å². The van der Waals surface area contributed by atoms with E-state index in [4.69, 9.17) is 21.1 Å². The van der Waals surface area contributed by atoms with Gasteiger partial charge in [-0.05, 0) is 44.2 Å². The van der Waals surface area contributed by atoms with Gasteiger partial charge in [-0.15, -0.1) is 0 Å². The predicted molar refractivity (Wildman–Crippen MR) is 110 cm³/mol. The quantitative estimate of drug-likeness (QED) is 0.592. The molecule has 7 nitrogen and oxygen atoms in total. The number of imidazole rings is 1. The van der Waals surface area contributed by atoms with Gasteiger partial charge in [0.15, 0.2) is 6.61 Å². The number of halogens is 1. The van der Waals surface area contributed by atoms with Crippen molar-refractivity contribution in [3.63, 3.8) is 0 Å². The lowest BCUT2D eigenvalue weighted by Crippen LogP contribution is -2.21. The van der Waals surface area contributed by atoms with Crippen molar-refractivity contribution in [2.75, 3.05) is 19.0 Å². The van der Waals surface area contributed by atoms with E-state index in [0.717, 1.165) is 22.8 Å². The molecule has 0 radical (unpaired) electrons. The highest BCUT2D eigenvalue weighted by Gasteiger charge is 2.13. The summed E-state index contributed by atoms with van der Waals surface area (Å²) in [4.78, 5) is 31.9. The molecule has 1 aromatic heterocycles. The monoisotopic (exact) mass is 413 g/mol. The Morgan fingerprint density at radius 2 is 1.86 bits per heavy atom. The Balaban J connectivity index is 1.59. The number of rotatable bonds is 6. The molecule has 0 atom stereocenters. The highest BCUT2D eigenvalue weighted by Crippen LogP contribution is 2.27. The van der Waals surface area contributed by atoms with Crippen molar-refractivity contribution >= 4 is 29.2 Å². The molecule has 0 unspecified atom stereocenters. The van der Waals surface area contributed by atoms with Crippen LogP contribution < -0.4 is 10.1 Å². The summed E-state index contributed by atoms with van der Waals surface area (Å²) in [6.45, 7) is 3.43. The molecule has 1 amide bonds. The zero-order valence-electron chi connectivity index (χ0n) is 16.2. The van der Waals surface area contributed by atoms with Gasteiger partial charge in [-0.25, -0.2) is 9.78 Å². The molecule has 1 heterocycles. The van der Waals surface area contributed by atoms with Crippen LogP contribution in [0, 0.1) is 13.8 Å². The molecule has 0 fully saturated rings. The first-order valence-electron chi connectivity index (χ1n) is 8.81. The van der Waals surface area contributed by atoms with Crippen LogP contribution in [-0.4, -0.2) is 35.6 Å². The van der Waals surface area contributed by atoms with Crippen molar-refractivity contribution < 1.29 is 19.1 Å². The maximum absolute atomic E-state index is 12.2. The minimum absolute atomic E-state index is 0.335. The number of anilines is 1.